The zero-order chi connectivity index (χ0) is 17.2. The first-order valence-corrected chi connectivity index (χ1v) is 8.13. The van der Waals surface area contributed by atoms with Gasteiger partial charge in [-0.2, -0.15) is 5.26 Å². The van der Waals surface area contributed by atoms with Crippen molar-refractivity contribution in [2.24, 2.45) is 0 Å². The molecule has 2 heterocycles. The van der Waals surface area contributed by atoms with Crippen molar-refractivity contribution in [3.63, 3.8) is 0 Å². The van der Waals surface area contributed by atoms with E-state index < -0.39 is 0 Å². The number of aromatic nitrogens is 3. The Kier molecular flexibility index (Phi) is 3.75. The Morgan fingerprint density at radius 1 is 0.960 bits per heavy atom. The first kappa shape index (κ1) is 15.1. The van der Waals surface area contributed by atoms with E-state index in [9.17, 15) is 5.26 Å². The Hall–Kier alpha value is -3.45. The maximum Gasteiger partial charge on any atom is 0.116 e. The molecule has 0 aliphatic carbocycles. The van der Waals surface area contributed by atoms with Crippen LogP contribution in [0.1, 0.15) is 16.8 Å². The smallest absolute Gasteiger partial charge is 0.116 e. The standard InChI is InChI=1S/C21H16N4/c1-15-18(12-22)20-21(25(15)13-16-8-4-2-5-9-16)19(23-14-24-20)17-10-6-3-7-11-17/h2-11,14H,13H2,1H3. The van der Waals surface area contributed by atoms with Crippen molar-refractivity contribution >= 4 is 11.0 Å². The highest BCUT2D eigenvalue weighted by molar-refractivity contribution is 5.94. The fourth-order valence-corrected chi connectivity index (χ4v) is 3.20. The summed E-state index contributed by atoms with van der Waals surface area (Å²) in [6, 6.07) is 22.6. The molecule has 2 aromatic carbocycles. The van der Waals surface area contributed by atoms with E-state index in [1.165, 1.54) is 11.9 Å². The van der Waals surface area contributed by atoms with Gasteiger partial charge in [-0.3, -0.25) is 0 Å². The second-order valence-corrected chi connectivity index (χ2v) is 5.93. The number of hydrogen-bond acceptors (Lipinski definition) is 3. The van der Waals surface area contributed by atoms with Crippen LogP contribution in [0.4, 0.5) is 0 Å². The van der Waals surface area contributed by atoms with Crippen LogP contribution >= 0.6 is 0 Å². The molecule has 0 radical (unpaired) electrons. The quantitative estimate of drug-likeness (QED) is 0.564. The van der Waals surface area contributed by atoms with E-state index in [2.05, 4.69) is 32.7 Å². The fourth-order valence-electron chi connectivity index (χ4n) is 3.20. The van der Waals surface area contributed by atoms with E-state index in [4.69, 9.17) is 0 Å². The van der Waals surface area contributed by atoms with E-state index in [1.807, 2.05) is 55.5 Å². The number of fused-ring (bicyclic) bond motifs is 1. The molecule has 0 atom stereocenters. The van der Waals surface area contributed by atoms with Crippen LogP contribution in [0.15, 0.2) is 67.0 Å². The maximum atomic E-state index is 9.63. The lowest BCUT2D eigenvalue weighted by molar-refractivity contribution is 0.802. The third kappa shape index (κ3) is 2.56. The molecule has 0 unspecified atom stereocenters. The monoisotopic (exact) mass is 324 g/mol. The summed E-state index contributed by atoms with van der Waals surface area (Å²) in [5.41, 5.74) is 6.20. The molecular weight excluding hydrogens is 308 g/mol. The molecule has 4 heteroatoms. The van der Waals surface area contributed by atoms with Gasteiger partial charge in [-0.25, -0.2) is 9.97 Å². The average Bonchev–Trinajstić information content (AvgIpc) is 2.94. The van der Waals surface area contributed by atoms with Crippen molar-refractivity contribution in [1.82, 2.24) is 14.5 Å². The van der Waals surface area contributed by atoms with Gasteiger partial charge in [0.15, 0.2) is 0 Å². The highest BCUT2D eigenvalue weighted by Gasteiger charge is 2.19. The lowest BCUT2D eigenvalue weighted by atomic mass is 10.1. The molecule has 4 aromatic rings. The summed E-state index contributed by atoms with van der Waals surface area (Å²) in [4.78, 5) is 8.93. The van der Waals surface area contributed by atoms with E-state index >= 15 is 0 Å². The Bertz CT molecular complexity index is 1070. The third-order valence-corrected chi connectivity index (χ3v) is 4.44. The van der Waals surface area contributed by atoms with Crippen molar-refractivity contribution in [3.05, 3.63) is 83.8 Å². The molecule has 0 N–H and O–H groups in total. The molecule has 4 nitrogen and oxygen atoms in total. The fraction of sp³-hybridized carbons (Fsp3) is 0.0952. The largest absolute Gasteiger partial charge is 0.336 e. The minimum absolute atomic E-state index is 0.616. The van der Waals surface area contributed by atoms with E-state index in [0.717, 1.165) is 22.5 Å². The van der Waals surface area contributed by atoms with Gasteiger partial charge in [-0.15, -0.1) is 0 Å². The molecule has 0 fully saturated rings. The highest BCUT2D eigenvalue weighted by atomic mass is 15.0. The molecule has 0 saturated heterocycles. The molecule has 4 rings (SSSR count). The molecule has 0 bridgehead atoms. The summed E-state index contributed by atoms with van der Waals surface area (Å²) in [6.45, 7) is 2.65. The van der Waals surface area contributed by atoms with Gasteiger partial charge in [0, 0.05) is 17.8 Å². The second kappa shape index (κ2) is 6.21. The maximum absolute atomic E-state index is 9.63. The zero-order valence-corrected chi connectivity index (χ0v) is 13.8. The average molecular weight is 324 g/mol. The van der Waals surface area contributed by atoms with Crippen LogP contribution in [0, 0.1) is 18.3 Å². The minimum atomic E-state index is 0.616. The Balaban J connectivity index is 2.01. The van der Waals surface area contributed by atoms with Crippen molar-refractivity contribution < 1.29 is 0 Å². The molecule has 0 aliphatic rings. The van der Waals surface area contributed by atoms with Crippen LogP contribution in [0.25, 0.3) is 22.3 Å². The van der Waals surface area contributed by atoms with Crippen LogP contribution in [-0.4, -0.2) is 14.5 Å². The van der Waals surface area contributed by atoms with Gasteiger partial charge >= 0.3 is 0 Å². The van der Waals surface area contributed by atoms with Crippen LogP contribution in [0.2, 0.25) is 0 Å². The second-order valence-electron chi connectivity index (χ2n) is 5.93. The molecule has 0 spiro atoms. The molecular formula is C21H16N4. The van der Waals surface area contributed by atoms with E-state index in [0.29, 0.717) is 17.6 Å². The van der Waals surface area contributed by atoms with E-state index in [-0.39, 0.29) is 0 Å². The molecule has 0 aliphatic heterocycles. The number of rotatable bonds is 3. The highest BCUT2D eigenvalue weighted by Crippen LogP contribution is 2.31. The predicted octanol–water partition coefficient (Wildman–Crippen LogP) is 4.33. The summed E-state index contributed by atoms with van der Waals surface area (Å²) < 4.78 is 2.14. The van der Waals surface area contributed by atoms with Gasteiger partial charge < -0.3 is 4.57 Å². The summed E-state index contributed by atoms with van der Waals surface area (Å²) in [5.74, 6) is 0. The number of nitriles is 1. The topological polar surface area (TPSA) is 54.5 Å². The predicted molar refractivity (Wildman–Crippen MR) is 98.0 cm³/mol. The molecule has 0 amide bonds. The Morgan fingerprint density at radius 3 is 2.32 bits per heavy atom. The van der Waals surface area contributed by atoms with Crippen LogP contribution < -0.4 is 0 Å². The molecule has 2 aromatic heterocycles. The van der Waals surface area contributed by atoms with Crippen LogP contribution in [-0.2, 0) is 6.54 Å². The lowest BCUT2D eigenvalue weighted by Crippen LogP contribution is -2.03. The normalized spacial score (nSPS) is 10.7. The first-order valence-electron chi connectivity index (χ1n) is 8.13. The van der Waals surface area contributed by atoms with Gasteiger partial charge in [0.2, 0.25) is 0 Å². The van der Waals surface area contributed by atoms with E-state index in [1.54, 1.807) is 0 Å². The number of nitrogens with zero attached hydrogens (tertiary/aromatic N) is 4. The zero-order valence-electron chi connectivity index (χ0n) is 13.8. The van der Waals surface area contributed by atoms with Crippen molar-refractivity contribution in [2.75, 3.05) is 0 Å². The molecule has 120 valence electrons. The summed E-state index contributed by atoms with van der Waals surface area (Å²) in [5, 5.41) is 9.63. The van der Waals surface area contributed by atoms with Crippen LogP contribution in [0.3, 0.4) is 0 Å². The lowest BCUT2D eigenvalue weighted by Gasteiger charge is -2.11. The van der Waals surface area contributed by atoms with Crippen molar-refractivity contribution in [1.29, 1.82) is 5.26 Å². The minimum Gasteiger partial charge on any atom is -0.336 e. The van der Waals surface area contributed by atoms with Gasteiger partial charge in [0.1, 0.15) is 17.9 Å². The van der Waals surface area contributed by atoms with Gasteiger partial charge in [0.25, 0.3) is 0 Å². The number of benzene rings is 2. The van der Waals surface area contributed by atoms with Gasteiger partial charge in [-0.05, 0) is 12.5 Å². The van der Waals surface area contributed by atoms with Gasteiger partial charge in [0.05, 0.1) is 16.8 Å². The SMILES string of the molecule is Cc1c(C#N)c2ncnc(-c3ccccc3)c2n1Cc1ccccc1. The Labute approximate surface area is 146 Å². The Morgan fingerprint density at radius 2 is 1.64 bits per heavy atom. The van der Waals surface area contributed by atoms with Crippen molar-refractivity contribution in [3.8, 4) is 17.3 Å². The van der Waals surface area contributed by atoms with Gasteiger partial charge in [-0.1, -0.05) is 60.7 Å². The van der Waals surface area contributed by atoms with Crippen molar-refractivity contribution in [2.45, 2.75) is 13.5 Å². The summed E-state index contributed by atoms with van der Waals surface area (Å²) in [7, 11) is 0. The van der Waals surface area contributed by atoms with Crippen LogP contribution in [0.5, 0.6) is 0 Å². The molecule has 25 heavy (non-hydrogen) atoms. The third-order valence-electron chi connectivity index (χ3n) is 4.44. The first-order chi connectivity index (χ1) is 12.3. The molecule has 0 saturated carbocycles. The summed E-state index contributed by atoms with van der Waals surface area (Å²) >= 11 is 0. The number of hydrogen-bond donors (Lipinski definition) is 0. The summed E-state index contributed by atoms with van der Waals surface area (Å²) in [6.07, 6.45) is 1.54.